The van der Waals surface area contributed by atoms with Crippen LogP contribution in [0.1, 0.15) is 17.1 Å². The van der Waals surface area contributed by atoms with E-state index < -0.39 is 6.10 Å². The van der Waals surface area contributed by atoms with Crippen molar-refractivity contribution in [1.29, 1.82) is 0 Å². The van der Waals surface area contributed by atoms with Gasteiger partial charge >= 0.3 is 0 Å². The van der Waals surface area contributed by atoms with E-state index in [2.05, 4.69) is 20.3 Å². The summed E-state index contributed by atoms with van der Waals surface area (Å²) in [5.74, 6) is 2.20. The minimum atomic E-state index is -0.625. The predicted octanol–water partition coefficient (Wildman–Crippen LogP) is 2.34. The van der Waals surface area contributed by atoms with Crippen LogP contribution in [0.2, 0.25) is 5.02 Å². The van der Waals surface area contributed by atoms with Crippen LogP contribution in [0.25, 0.3) is 11.2 Å². The molecule has 0 radical (unpaired) electrons. The van der Waals surface area contributed by atoms with Gasteiger partial charge in [0.1, 0.15) is 35.7 Å². The lowest BCUT2D eigenvalue weighted by Crippen LogP contribution is -2.34. The molecule has 0 unspecified atom stereocenters. The zero-order chi connectivity index (χ0) is 20.1. The highest BCUT2D eigenvalue weighted by Gasteiger charge is 2.48. The van der Waals surface area contributed by atoms with Gasteiger partial charge in [-0.25, -0.2) is 4.98 Å². The molecule has 5 heterocycles. The first-order valence-corrected chi connectivity index (χ1v) is 9.79. The highest BCUT2D eigenvalue weighted by molar-refractivity contribution is 6.33. The van der Waals surface area contributed by atoms with Gasteiger partial charge in [-0.15, -0.1) is 0 Å². The Morgan fingerprint density at radius 1 is 1.24 bits per heavy atom. The summed E-state index contributed by atoms with van der Waals surface area (Å²) in [6, 6.07) is 4.03. The topological polar surface area (TPSA) is 115 Å². The summed E-state index contributed by atoms with van der Waals surface area (Å²) in [4.78, 5) is 11.9. The van der Waals surface area contributed by atoms with Crippen LogP contribution in [-0.4, -0.2) is 57.7 Å². The molecule has 0 bridgehead atoms. The van der Waals surface area contributed by atoms with Crippen LogP contribution in [0.4, 0.5) is 5.82 Å². The van der Waals surface area contributed by atoms with Crippen molar-refractivity contribution >= 4 is 28.6 Å². The van der Waals surface area contributed by atoms with Crippen molar-refractivity contribution in [1.82, 2.24) is 15.0 Å². The Morgan fingerprint density at radius 3 is 2.86 bits per heavy atom. The Labute approximate surface area is 171 Å². The molecule has 3 aromatic heterocycles. The number of nitrogens with one attached hydrogen (secondary N) is 2. The third kappa shape index (κ3) is 3.44. The molecule has 9 nitrogen and oxygen atoms in total. The summed E-state index contributed by atoms with van der Waals surface area (Å²) in [6.07, 6.45) is -1.65. The van der Waals surface area contributed by atoms with Gasteiger partial charge < -0.3 is 34.0 Å². The van der Waals surface area contributed by atoms with E-state index in [-0.39, 0.29) is 24.9 Å². The van der Waals surface area contributed by atoms with Crippen molar-refractivity contribution in [2.45, 2.75) is 44.8 Å². The quantitative estimate of drug-likeness (QED) is 0.576. The minimum absolute atomic E-state index is 0.246. The molecule has 3 N–H and O–H groups in total. The maximum atomic E-state index is 9.84. The molecule has 3 aromatic rings. The number of fused-ring (bicyclic) bond motifs is 2. The normalized spacial score (nSPS) is 26.2. The molecule has 2 aliphatic heterocycles. The van der Waals surface area contributed by atoms with E-state index in [9.17, 15) is 5.11 Å². The van der Waals surface area contributed by atoms with Crippen molar-refractivity contribution in [2.24, 2.45) is 0 Å². The molecular formula is C19H21ClN4O5. The average Bonchev–Trinajstić information content (AvgIpc) is 3.42. The number of furan rings is 1. The van der Waals surface area contributed by atoms with E-state index in [1.165, 1.54) is 0 Å². The van der Waals surface area contributed by atoms with Crippen molar-refractivity contribution in [3.05, 3.63) is 34.2 Å². The Kier molecular flexibility index (Phi) is 4.62. The zero-order valence-corrected chi connectivity index (χ0v) is 16.7. The van der Waals surface area contributed by atoms with Gasteiger partial charge in [0.2, 0.25) is 0 Å². The lowest BCUT2D eigenvalue weighted by molar-refractivity contribution is 0.00706. The van der Waals surface area contributed by atoms with Crippen molar-refractivity contribution in [3.8, 4) is 6.01 Å². The number of anilines is 1. The van der Waals surface area contributed by atoms with Crippen LogP contribution in [0.15, 0.2) is 16.5 Å². The molecule has 10 heteroatoms. The molecule has 154 valence electrons. The lowest BCUT2D eigenvalue weighted by atomic mass is 10.1. The molecule has 0 amide bonds. The molecule has 0 aliphatic carbocycles. The van der Waals surface area contributed by atoms with Gasteiger partial charge in [0.05, 0.1) is 30.3 Å². The second kappa shape index (κ2) is 7.17. The van der Waals surface area contributed by atoms with Gasteiger partial charge in [-0.3, -0.25) is 0 Å². The molecule has 0 saturated carbocycles. The van der Waals surface area contributed by atoms with Gasteiger partial charge in [0, 0.05) is 0 Å². The number of aliphatic hydroxyl groups is 1. The molecule has 2 saturated heterocycles. The van der Waals surface area contributed by atoms with Crippen molar-refractivity contribution < 1.29 is 23.7 Å². The minimum Gasteiger partial charge on any atom is -0.464 e. The Balaban J connectivity index is 1.31. The van der Waals surface area contributed by atoms with Crippen LogP contribution in [0.3, 0.4) is 0 Å². The number of ether oxygens (including phenoxy) is 3. The fourth-order valence-electron chi connectivity index (χ4n) is 3.67. The van der Waals surface area contributed by atoms with Crippen LogP contribution < -0.4 is 10.1 Å². The first kappa shape index (κ1) is 18.7. The number of hydrogen-bond donors (Lipinski definition) is 3. The lowest BCUT2D eigenvalue weighted by Gasteiger charge is -2.15. The standard InChI is InChI=1S/C19H21ClN4O5/c1-8-3-10(28-9(8)2)5-21-17-11(20)4-12-18(23-17)24-19(22-12)29-14-7-27-15-13(25)6-26-16(14)15/h3-4,13-16,25H,5-7H2,1-2H3,(H2,21,22,23,24)/t13-,14-,15-,16-/m1/s1. The van der Waals surface area contributed by atoms with Gasteiger partial charge in [0.25, 0.3) is 6.01 Å². The Bertz CT molecular complexity index is 1030. The Morgan fingerprint density at radius 2 is 2.07 bits per heavy atom. The highest BCUT2D eigenvalue weighted by Crippen LogP contribution is 2.31. The highest BCUT2D eigenvalue weighted by atomic mass is 35.5. The predicted molar refractivity (Wildman–Crippen MR) is 104 cm³/mol. The first-order chi connectivity index (χ1) is 14.0. The molecule has 29 heavy (non-hydrogen) atoms. The number of hydrogen-bond acceptors (Lipinski definition) is 8. The number of pyridine rings is 1. The largest absolute Gasteiger partial charge is 0.464 e. The van der Waals surface area contributed by atoms with E-state index in [0.29, 0.717) is 41.2 Å². The van der Waals surface area contributed by atoms with Gasteiger partial charge in [-0.1, -0.05) is 11.6 Å². The number of nitrogens with zero attached hydrogens (tertiary/aromatic N) is 2. The van der Waals surface area contributed by atoms with E-state index in [4.69, 9.17) is 30.2 Å². The van der Waals surface area contributed by atoms with E-state index in [0.717, 1.165) is 17.1 Å². The molecule has 2 fully saturated rings. The van der Waals surface area contributed by atoms with E-state index in [1.807, 2.05) is 19.9 Å². The van der Waals surface area contributed by atoms with Crippen LogP contribution in [-0.2, 0) is 16.0 Å². The summed E-state index contributed by atoms with van der Waals surface area (Å²) in [5.41, 5.74) is 2.23. The van der Waals surface area contributed by atoms with Crippen molar-refractivity contribution in [2.75, 3.05) is 18.5 Å². The monoisotopic (exact) mass is 420 g/mol. The second-order valence-electron chi connectivity index (χ2n) is 7.36. The van der Waals surface area contributed by atoms with Crippen LogP contribution >= 0.6 is 11.6 Å². The SMILES string of the molecule is Cc1cc(CNc2nc3nc(O[C@@H]4CO[C@H]5[C@@H]4OC[C@H]5O)[nH]c3cc2Cl)oc1C. The maximum absolute atomic E-state index is 9.84. The third-order valence-corrected chi connectivity index (χ3v) is 5.58. The molecule has 2 aliphatic rings. The van der Waals surface area contributed by atoms with Gasteiger partial charge in [0.15, 0.2) is 11.8 Å². The van der Waals surface area contributed by atoms with Crippen LogP contribution in [0, 0.1) is 13.8 Å². The number of aromatic amines is 1. The third-order valence-electron chi connectivity index (χ3n) is 5.30. The molecule has 0 aromatic carbocycles. The van der Waals surface area contributed by atoms with Crippen LogP contribution in [0.5, 0.6) is 6.01 Å². The summed E-state index contributed by atoms with van der Waals surface area (Å²) in [5, 5.41) is 13.5. The number of rotatable bonds is 5. The maximum Gasteiger partial charge on any atom is 0.296 e. The molecule has 0 spiro atoms. The second-order valence-corrected chi connectivity index (χ2v) is 7.76. The van der Waals surface area contributed by atoms with Crippen molar-refractivity contribution in [3.63, 3.8) is 0 Å². The number of imidazole rings is 1. The summed E-state index contributed by atoms with van der Waals surface area (Å²) < 4.78 is 22.7. The molecule has 5 rings (SSSR count). The fourth-order valence-corrected chi connectivity index (χ4v) is 3.89. The zero-order valence-electron chi connectivity index (χ0n) is 15.9. The Hall–Kier alpha value is -2.33. The number of aromatic nitrogens is 3. The number of H-pyrrole nitrogens is 1. The van der Waals surface area contributed by atoms with E-state index >= 15 is 0 Å². The molecule has 4 atom stereocenters. The number of halogens is 1. The van der Waals surface area contributed by atoms with E-state index in [1.54, 1.807) is 6.07 Å². The number of aryl methyl sites for hydroxylation is 2. The van der Waals surface area contributed by atoms with Gasteiger partial charge in [-0.2, -0.15) is 4.98 Å². The van der Waals surface area contributed by atoms with Gasteiger partial charge in [-0.05, 0) is 31.5 Å². The number of aliphatic hydroxyl groups excluding tert-OH is 1. The summed E-state index contributed by atoms with van der Waals surface area (Å²) in [7, 11) is 0. The first-order valence-electron chi connectivity index (χ1n) is 9.42. The average molecular weight is 421 g/mol. The smallest absolute Gasteiger partial charge is 0.296 e. The fraction of sp³-hybridized carbons (Fsp3) is 0.474. The summed E-state index contributed by atoms with van der Waals surface area (Å²) in [6.45, 7) is 4.96. The summed E-state index contributed by atoms with van der Waals surface area (Å²) >= 11 is 6.36. The molecular weight excluding hydrogens is 400 g/mol.